The number of halogens is 1. The van der Waals surface area contributed by atoms with E-state index in [0.717, 1.165) is 15.6 Å². The summed E-state index contributed by atoms with van der Waals surface area (Å²) in [5, 5.41) is 0. The Bertz CT molecular complexity index is 757. The lowest BCUT2D eigenvalue weighted by atomic mass is 10.1. The molecular formula is C21H25BrN2O2. The normalized spacial score (nSPS) is 10.5. The topological polar surface area (TPSA) is 40.6 Å². The first-order valence-electron chi connectivity index (χ1n) is 8.74. The van der Waals surface area contributed by atoms with Crippen molar-refractivity contribution in [2.24, 2.45) is 0 Å². The van der Waals surface area contributed by atoms with E-state index in [1.54, 1.807) is 19.0 Å². The van der Waals surface area contributed by atoms with Gasteiger partial charge in [-0.05, 0) is 42.7 Å². The van der Waals surface area contributed by atoms with Crippen molar-refractivity contribution in [1.82, 2.24) is 9.80 Å². The van der Waals surface area contributed by atoms with Crippen molar-refractivity contribution in [1.29, 1.82) is 0 Å². The summed E-state index contributed by atoms with van der Waals surface area (Å²) in [6.45, 7) is 3.20. The van der Waals surface area contributed by atoms with E-state index in [1.807, 2.05) is 60.4 Å². The van der Waals surface area contributed by atoms with E-state index in [2.05, 4.69) is 15.9 Å². The van der Waals surface area contributed by atoms with Crippen LogP contribution in [0.5, 0.6) is 0 Å². The van der Waals surface area contributed by atoms with Gasteiger partial charge in [-0.3, -0.25) is 9.59 Å². The zero-order valence-electron chi connectivity index (χ0n) is 15.5. The monoisotopic (exact) mass is 416 g/mol. The minimum Gasteiger partial charge on any atom is -0.345 e. The Morgan fingerprint density at radius 2 is 1.65 bits per heavy atom. The van der Waals surface area contributed by atoms with Gasteiger partial charge in [0.15, 0.2) is 0 Å². The number of hydrogen-bond acceptors (Lipinski definition) is 2. The summed E-state index contributed by atoms with van der Waals surface area (Å²) in [6.07, 6.45) is 1.20. The molecule has 0 spiro atoms. The van der Waals surface area contributed by atoms with Crippen LogP contribution < -0.4 is 0 Å². The van der Waals surface area contributed by atoms with Crippen molar-refractivity contribution in [2.75, 3.05) is 20.6 Å². The summed E-state index contributed by atoms with van der Waals surface area (Å²) in [7, 11) is 3.47. The maximum absolute atomic E-state index is 12.6. The molecule has 5 heteroatoms. The zero-order valence-corrected chi connectivity index (χ0v) is 17.1. The molecule has 2 aromatic carbocycles. The molecule has 0 N–H and O–H groups in total. The lowest BCUT2D eigenvalue weighted by Crippen LogP contribution is -2.30. The molecule has 0 saturated carbocycles. The highest BCUT2D eigenvalue weighted by Gasteiger charge is 2.14. The molecular weight excluding hydrogens is 392 g/mol. The lowest BCUT2D eigenvalue weighted by Gasteiger charge is -2.21. The molecule has 0 aromatic heterocycles. The number of nitrogens with zero attached hydrogens (tertiary/aromatic N) is 2. The smallest absolute Gasteiger partial charge is 0.253 e. The Morgan fingerprint density at radius 1 is 1.00 bits per heavy atom. The molecule has 2 rings (SSSR count). The van der Waals surface area contributed by atoms with Gasteiger partial charge in [0.1, 0.15) is 0 Å². The molecule has 0 aliphatic rings. The highest BCUT2D eigenvalue weighted by molar-refractivity contribution is 9.10. The first-order chi connectivity index (χ1) is 12.4. The molecule has 0 unspecified atom stereocenters. The average molecular weight is 417 g/mol. The van der Waals surface area contributed by atoms with Crippen molar-refractivity contribution in [3.05, 3.63) is 69.7 Å². The third kappa shape index (κ3) is 5.43. The van der Waals surface area contributed by atoms with Crippen molar-refractivity contribution in [2.45, 2.75) is 26.3 Å². The van der Waals surface area contributed by atoms with E-state index < -0.39 is 0 Å². The van der Waals surface area contributed by atoms with Crippen LogP contribution in [0.2, 0.25) is 0 Å². The molecule has 0 atom stereocenters. The predicted molar refractivity (Wildman–Crippen MR) is 108 cm³/mol. The summed E-state index contributed by atoms with van der Waals surface area (Å²) < 4.78 is 1.04. The molecule has 4 nitrogen and oxygen atoms in total. The van der Waals surface area contributed by atoms with Crippen LogP contribution in [0, 0.1) is 0 Å². The van der Waals surface area contributed by atoms with E-state index in [9.17, 15) is 9.59 Å². The number of carbonyl (C=O) groups is 2. The summed E-state index contributed by atoms with van der Waals surface area (Å²) >= 11 is 3.53. The Balaban J connectivity index is 1.96. The lowest BCUT2D eigenvalue weighted by molar-refractivity contribution is -0.131. The molecule has 0 fully saturated rings. The molecule has 0 aliphatic carbocycles. The maximum atomic E-state index is 12.6. The largest absolute Gasteiger partial charge is 0.345 e. The Labute approximate surface area is 163 Å². The molecule has 2 aromatic rings. The highest BCUT2D eigenvalue weighted by Crippen LogP contribution is 2.18. The average Bonchev–Trinajstić information content (AvgIpc) is 2.65. The van der Waals surface area contributed by atoms with Crippen molar-refractivity contribution < 1.29 is 9.59 Å². The molecule has 2 amide bonds. The van der Waals surface area contributed by atoms with Gasteiger partial charge in [-0.2, -0.15) is 0 Å². The molecule has 26 heavy (non-hydrogen) atoms. The van der Waals surface area contributed by atoms with Crippen LogP contribution in [0.4, 0.5) is 0 Å². The fraction of sp³-hybridized carbons (Fsp3) is 0.333. The summed E-state index contributed by atoms with van der Waals surface area (Å²) in [6, 6.07) is 15.5. The van der Waals surface area contributed by atoms with Gasteiger partial charge in [0.25, 0.3) is 5.91 Å². The third-order valence-electron chi connectivity index (χ3n) is 4.28. The van der Waals surface area contributed by atoms with E-state index in [-0.39, 0.29) is 11.8 Å². The first kappa shape index (κ1) is 20.2. The van der Waals surface area contributed by atoms with Gasteiger partial charge in [-0.15, -0.1) is 0 Å². The zero-order chi connectivity index (χ0) is 19.1. The van der Waals surface area contributed by atoms with Crippen LogP contribution in [0.3, 0.4) is 0 Å². The number of benzene rings is 2. The number of amides is 2. The van der Waals surface area contributed by atoms with Crippen LogP contribution >= 0.6 is 15.9 Å². The fourth-order valence-corrected chi connectivity index (χ4v) is 3.19. The second kappa shape index (κ2) is 9.53. The van der Waals surface area contributed by atoms with Gasteiger partial charge in [0, 0.05) is 43.6 Å². The van der Waals surface area contributed by atoms with Crippen LogP contribution in [-0.4, -0.2) is 42.3 Å². The number of rotatable bonds is 7. The SMILES string of the molecule is CCN(Cc1ccc(C(=O)N(C)C)cc1)C(=O)CCc1ccccc1Br. The number of hydrogen-bond donors (Lipinski definition) is 0. The Hall–Kier alpha value is -2.14. The second-order valence-electron chi connectivity index (χ2n) is 6.40. The second-order valence-corrected chi connectivity index (χ2v) is 7.25. The standard InChI is InChI=1S/C21H25BrN2O2/c1-4-24(20(25)14-13-17-7-5-6-8-19(17)22)15-16-9-11-18(12-10-16)21(26)23(2)3/h5-12H,4,13-15H2,1-3H3. The van der Waals surface area contributed by atoms with Crippen LogP contribution in [0.1, 0.15) is 34.8 Å². The van der Waals surface area contributed by atoms with Gasteiger partial charge >= 0.3 is 0 Å². The van der Waals surface area contributed by atoms with Gasteiger partial charge in [-0.1, -0.05) is 46.3 Å². The fourth-order valence-electron chi connectivity index (χ4n) is 2.71. The Kier molecular flexibility index (Phi) is 7.39. The Morgan fingerprint density at radius 3 is 2.23 bits per heavy atom. The van der Waals surface area contributed by atoms with Crippen molar-refractivity contribution in [3.8, 4) is 0 Å². The van der Waals surface area contributed by atoms with E-state index in [0.29, 0.717) is 31.5 Å². The molecule has 0 aliphatic heterocycles. The highest BCUT2D eigenvalue weighted by atomic mass is 79.9. The van der Waals surface area contributed by atoms with E-state index in [4.69, 9.17) is 0 Å². The van der Waals surface area contributed by atoms with E-state index in [1.165, 1.54) is 0 Å². The molecule has 0 heterocycles. The van der Waals surface area contributed by atoms with Crippen LogP contribution in [0.25, 0.3) is 0 Å². The van der Waals surface area contributed by atoms with Gasteiger partial charge < -0.3 is 9.80 Å². The van der Waals surface area contributed by atoms with Gasteiger partial charge in [-0.25, -0.2) is 0 Å². The van der Waals surface area contributed by atoms with E-state index >= 15 is 0 Å². The number of aryl methyl sites for hydroxylation is 1. The van der Waals surface area contributed by atoms with Crippen molar-refractivity contribution >= 4 is 27.7 Å². The van der Waals surface area contributed by atoms with Crippen LogP contribution in [-0.2, 0) is 17.8 Å². The summed E-state index contributed by atoms with van der Waals surface area (Å²) in [5.74, 6) is 0.116. The summed E-state index contributed by atoms with van der Waals surface area (Å²) in [4.78, 5) is 27.9. The first-order valence-corrected chi connectivity index (χ1v) is 9.53. The van der Waals surface area contributed by atoms with Gasteiger partial charge in [0.2, 0.25) is 5.91 Å². The quantitative estimate of drug-likeness (QED) is 0.680. The summed E-state index contributed by atoms with van der Waals surface area (Å²) in [5.41, 5.74) is 2.82. The molecule has 138 valence electrons. The molecule has 0 bridgehead atoms. The minimum atomic E-state index is -0.0200. The predicted octanol–water partition coefficient (Wildman–Crippen LogP) is 4.13. The molecule has 0 saturated heterocycles. The third-order valence-corrected chi connectivity index (χ3v) is 5.05. The van der Waals surface area contributed by atoms with Crippen molar-refractivity contribution in [3.63, 3.8) is 0 Å². The molecule has 0 radical (unpaired) electrons. The van der Waals surface area contributed by atoms with Gasteiger partial charge in [0.05, 0.1) is 0 Å². The minimum absolute atomic E-state index is 0.0200. The number of carbonyl (C=O) groups excluding carboxylic acids is 2. The van der Waals surface area contributed by atoms with Crippen LogP contribution in [0.15, 0.2) is 53.0 Å². The maximum Gasteiger partial charge on any atom is 0.253 e.